The van der Waals surface area contributed by atoms with Crippen LogP contribution in [-0.4, -0.2) is 45.9 Å². The predicted octanol–water partition coefficient (Wildman–Crippen LogP) is 1.37. The molecule has 4 aromatic rings. The predicted molar refractivity (Wildman–Crippen MR) is 103 cm³/mol. The first kappa shape index (κ1) is 18.9. The molecule has 0 atom stereocenters. The van der Waals surface area contributed by atoms with Crippen LogP contribution in [0, 0.1) is 13.8 Å². The third-order valence-corrected chi connectivity index (χ3v) is 4.25. The summed E-state index contributed by atoms with van der Waals surface area (Å²) >= 11 is 0. The lowest BCUT2D eigenvalue weighted by Gasteiger charge is -2.03. The molecule has 2 N–H and O–H groups in total. The molecule has 2 amide bonds. The van der Waals surface area contributed by atoms with E-state index in [4.69, 9.17) is 0 Å². The number of hydrogen-bond acceptors (Lipinski definition) is 5. The van der Waals surface area contributed by atoms with Gasteiger partial charge in [0, 0.05) is 0 Å². The molecule has 2 heterocycles. The molecule has 2 aromatic heterocycles. The Bertz CT molecular complexity index is 1240. The average molecular weight is 406 g/mol. The Labute approximate surface area is 169 Å². The summed E-state index contributed by atoms with van der Waals surface area (Å²) in [5, 5.41) is 29.2. The highest BCUT2D eigenvalue weighted by Gasteiger charge is 2.13. The summed E-state index contributed by atoms with van der Waals surface area (Å²) in [6.45, 7) is 3.20. The third-order valence-electron chi connectivity index (χ3n) is 4.25. The van der Waals surface area contributed by atoms with Crippen LogP contribution in [0.2, 0.25) is 0 Å². The van der Waals surface area contributed by atoms with Crippen molar-refractivity contribution in [2.24, 2.45) is 9.98 Å². The Balaban J connectivity index is 1.76. The Kier molecular flexibility index (Phi) is 4.76. The van der Waals surface area contributed by atoms with Crippen LogP contribution >= 0.6 is 0 Å². The summed E-state index contributed by atoms with van der Waals surface area (Å²) in [5.41, 5.74) is 1.65. The fourth-order valence-electron chi connectivity index (χ4n) is 2.84. The second-order valence-electron chi connectivity index (χ2n) is 6.35. The fourth-order valence-corrected chi connectivity index (χ4v) is 2.84. The van der Waals surface area contributed by atoms with E-state index in [0.717, 1.165) is 0 Å². The summed E-state index contributed by atoms with van der Waals surface area (Å²) < 4.78 is 0. The molecule has 0 saturated heterocycles. The molecule has 0 saturated carbocycles. The molecule has 0 bridgehead atoms. The van der Waals surface area contributed by atoms with Gasteiger partial charge >= 0.3 is 6.03 Å². The molecule has 0 fully saturated rings. The van der Waals surface area contributed by atoms with Crippen molar-refractivity contribution < 1.29 is 15.2 Å². The molecule has 152 valence electrons. The zero-order chi connectivity index (χ0) is 21.3. The minimum atomic E-state index is -0.938. The first-order chi connectivity index (χ1) is 14.5. The van der Waals surface area contributed by atoms with Gasteiger partial charge in [0.15, 0.2) is 0 Å². The van der Waals surface area contributed by atoms with Gasteiger partial charge < -0.3 is 10.4 Å². The molecule has 0 unspecified atom stereocenters. The fraction of sp³-hybridized carbons (Fsp3) is 0.105. The molecule has 0 radical (unpaired) electrons. The summed E-state index contributed by atoms with van der Waals surface area (Å²) in [4.78, 5) is 23.8. The second-order valence-corrected chi connectivity index (χ2v) is 6.35. The standard InChI is InChI=1S/C19H18N8O3/c1-13-17(26(29)24(22-13)15-9-5-3-6-10-15)20-19(28)21-18-14(2)23-25(27(18)30)16-11-7-4-8-12-16/h3-12,29-30H,1-2H3/b20-17-,21-18-. The molecular formula is C19H18N8O3. The van der Waals surface area contributed by atoms with Crippen molar-refractivity contribution in [3.8, 4) is 11.4 Å². The number of carbonyl (C=O) groups excluding carboxylic acids is 1. The zero-order valence-electron chi connectivity index (χ0n) is 16.2. The lowest BCUT2D eigenvalue weighted by Crippen LogP contribution is -2.25. The van der Waals surface area contributed by atoms with Crippen LogP contribution in [0.15, 0.2) is 70.6 Å². The van der Waals surface area contributed by atoms with E-state index in [2.05, 4.69) is 20.2 Å². The Hall–Kier alpha value is -4.41. The van der Waals surface area contributed by atoms with Gasteiger partial charge in [-0.25, -0.2) is 4.79 Å². The van der Waals surface area contributed by atoms with Gasteiger partial charge in [-0.1, -0.05) is 46.1 Å². The molecule has 0 aliphatic carbocycles. The number of urea groups is 1. The van der Waals surface area contributed by atoms with Gasteiger partial charge in [0.25, 0.3) is 0 Å². The quantitative estimate of drug-likeness (QED) is 0.486. The van der Waals surface area contributed by atoms with Crippen molar-refractivity contribution >= 4 is 6.03 Å². The Morgan fingerprint density at radius 3 is 1.47 bits per heavy atom. The maximum atomic E-state index is 12.4. The van der Waals surface area contributed by atoms with E-state index in [-0.39, 0.29) is 11.0 Å². The van der Waals surface area contributed by atoms with Gasteiger partial charge in [0.1, 0.15) is 11.4 Å². The SMILES string of the molecule is Cc1nn(-c2ccccc2)n(O)/c1=N\C(=O)/N=c1/c(C)nn(-c2ccccc2)n1O. The summed E-state index contributed by atoms with van der Waals surface area (Å²) in [7, 11) is 0. The van der Waals surface area contributed by atoms with E-state index in [1.807, 2.05) is 12.1 Å². The van der Waals surface area contributed by atoms with Crippen molar-refractivity contribution in [3.05, 3.63) is 83.0 Å². The van der Waals surface area contributed by atoms with E-state index in [1.54, 1.807) is 62.4 Å². The molecular weight excluding hydrogens is 388 g/mol. The van der Waals surface area contributed by atoms with Gasteiger partial charge in [-0.15, -0.1) is 9.59 Å². The van der Waals surface area contributed by atoms with Crippen molar-refractivity contribution in [3.63, 3.8) is 0 Å². The molecule has 0 aliphatic rings. The average Bonchev–Trinajstić information content (AvgIpc) is 3.20. The Morgan fingerprint density at radius 1 is 0.733 bits per heavy atom. The number of rotatable bonds is 2. The minimum absolute atomic E-state index is 0.0785. The first-order valence-corrected chi connectivity index (χ1v) is 8.96. The van der Waals surface area contributed by atoms with Crippen LogP contribution in [0.4, 0.5) is 4.79 Å². The van der Waals surface area contributed by atoms with Crippen LogP contribution in [0.5, 0.6) is 0 Å². The normalized spacial score (nSPS) is 12.5. The van der Waals surface area contributed by atoms with Crippen molar-refractivity contribution in [2.45, 2.75) is 13.8 Å². The molecule has 0 aliphatic heterocycles. The van der Waals surface area contributed by atoms with Crippen molar-refractivity contribution in [2.75, 3.05) is 0 Å². The van der Waals surface area contributed by atoms with E-state index >= 15 is 0 Å². The number of amides is 2. The second kappa shape index (κ2) is 7.54. The topological polar surface area (TPSA) is 128 Å². The largest absolute Gasteiger partial charge is 0.410 e. The first-order valence-electron chi connectivity index (χ1n) is 8.96. The van der Waals surface area contributed by atoms with Crippen LogP contribution < -0.4 is 11.0 Å². The van der Waals surface area contributed by atoms with Crippen LogP contribution in [0.3, 0.4) is 0 Å². The van der Waals surface area contributed by atoms with Gasteiger partial charge in [-0.2, -0.15) is 20.2 Å². The van der Waals surface area contributed by atoms with E-state index < -0.39 is 6.03 Å². The number of hydrogen-bond donors (Lipinski definition) is 2. The van der Waals surface area contributed by atoms with Gasteiger partial charge in [-0.05, 0) is 38.1 Å². The third kappa shape index (κ3) is 3.39. The molecule has 4 rings (SSSR count). The highest BCUT2D eigenvalue weighted by Crippen LogP contribution is 2.05. The smallest absolute Gasteiger partial charge is 0.371 e. The number of nitrogens with zero attached hydrogens (tertiary/aromatic N) is 8. The van der Waals surface area contributed by atoms with E-state index in [0.29, 0.717) is 32.5 Å². The Morgan fingerprint density at radius 2 is 1.10 bits per heavy atom. The van der Waals surface area contributed by atoms with Crippen LogP contribution in [0.1, 0.15) is 11.4 Å². The number of aryl methyl sites for hydroxylation is 2. The lowest BCUT2D eigenvalue weighted by atomic mass is 10.3. The summed E-state index contributed by atoms with van der Waals surface area (Å²) in [6.07, 6.45) is 0. The molecule has 11 nitrogen and oxygen atoms in total. The van der Waals surface area contributed by atoms with Crippen LogP contribution in [0.25, 0.3) is 11.4 Å². The minimum Gasteiger partial charge on any atom is -0.410 e. The van der Waals surface area contributed by atoms with E-state index in [9.17, 15) is 15.2 Å². The maximum Gasteiger partial charge on any atom is 0.371 e. The number of para-hydroxylation sites is 2. The maximum absolute atomic E-state index is 12.4. The molecule has 0 spiro atoms. The number of carbonyl (C=O) groups is 1. The lowest BCUT2D eigenvalue weighted by molar-refractivity contribution is 0.109. The van der Waals surface area contributed by atoms with Crippen molar-refractivity contribution in [1.82, 2.24) is 29.5 Å². The summed E-state index contributed by atoms with van der Waals surface area (Å²) in [5.74, 6) is 0. The number of aromatic nitrogens is 6. The van der Waals surface area contributed by atoms with Gasteiger partial charge in [-0.3, -0.25) is 0 Å². The zero-order valence-corrected chi connectivity index (χ0v) is 16.2. The molecule has 30 heavy (non-hydrogen) atoms. The van der Waals surface area contributed by atoms with E-state index in [1.165, 1.54) is 9.59 Å². The highest BCUT2D eigenvalue weighted by atomic mass is 16.5. The van der Waals surface area contributed by atoms with Gasteiger partial charge in [0.05, 0.1) is 11.4 Å². The molecule has 2 aromatic carbocycles. The summed E-state index contributed by atoms with van der Waals surface area (Å²) in [6, 6.07) is 16.8. The monoisotopic (exact) mass is 406 g/mol. The van der Waals surface area contributed by atoms with Crippen molar-refractivity contribution in [1.29, 1.82) is 0 Å². The van der Waals surface area contributed by atoms with Crippen LogP contribution in [-0.2, 0) is 0 Å². The van der Waals surface area contributed by atoms with Gasteiger partial charge in [0.2, 0.25) is 11.0 Å². The highest BCUT2D eigenvalue weighted by molar-refractivity contribution is 5.75. The molecule has 11 heteroatoms. The number of benzene rings is 2.